The maximum absolute atomic E-state index is 13.8. The van der Waals surface area contributed by atoms with Gasteiger partial charge in [-0.05, 0) is 54.7 Å². The first-order valence-corrected chi connectivity index (χ1v) is 8.67. The monoisotopic (exact) mass is 347 g/mol. The lowest BCUT2D eigenvalue weighted by molar-refractivity contribution is 0.619. The Hall–Kier alpha value is -2.87. The third kappa shape index (κ3) is 5.32. The molecule has 0 saturated heterocycles. The summed E-state index contributed by atoms with van der Waals surface area (Å²) in [7, 11) is 0. The van der Waals surface area contributed by atoms with Crippen LogP contribution in [0.1, 0.15) is 25.0 Å². The first-order valence-electron chi connectivity index (χ1n) is 8.67. The van der Waals surface area contributed by atoms with E-state index in [-0.39, 0.29) is 5.82 Å². The zero-order valence-corrected chi connectivity index (χ0v) is 15.8. The number of hydrogen-bond donors (Lipinski definition) is 1. The maximum atomic E-state index is 13.8. The fourth-order valence-corrected chi connectivity index (χ4v) is 2.42. The van der Waals surface area contributed by atoms with E-state index >= 15 is 0 Å². The largest absolute Gasteiger partial charge is 0.381 e. The number of rotatable bonds is 7. The lowest BCUT2D eigenvalue weighted by Gasteiger charge is -2.11. The fraction of sp³-hybridized carbons (Fsp3) is 0.167. The van der Waals surface area contributed by atoms with Crippen LogP contribution in [0, 0.1) is 12.7 Å². The van der Waals surface area contributed by atoms with Gasteiger partial charge in [-0.1, -0.05) is 73.4 Å². The Morgan fingerprint density at radius 1 is 1.04 bits per heavy atom. The van der Waals surface area contributed by atoms with Crippen LogP contribution in [0.25, 0.3) is 16.8 Å². The van der Waals surface area contributed by atoms with Crippen molar-refractivity contribution < 1.29 is 4.39 Å². The van der Waals surface area contributed by atoms with Crippen molar-refractivity contribution in [3.8, 4) is 11.1 Å². The van der Waals surface area contributed by atoms with Crippen LogP contribution in [-0.2, 0) is 0 Å². The minimum atomic E-state index is -0.183. The van der Waals surface area contributed by atoms with Crippen molar-refractivity contribution in [3.63, 3.8) is 0 Å². The molecule has 0 fully saturated rings. The molecule has 2 heteroatoms. The van der Waals surface area contributed by atoms with Gasteiger partial charge in [0.2, 0.25) is 0 Å². The number of halogens is 1. The van der Waals surface area contributed by atoms with Gasteiger partial charge < -0.3 is 5.32 Å². The molecule has 0 unspecified atom stereocenters. The molecule has 2 aromatic carbocycles. The Labute approximate surface area is 156 Å². The van der Waals surface area contributed by atoms with E-state index in [2.05, 4.69) is 44.5 Å². The highest BCUT2D eigenvalue weighted by Gasteiger charge is 2.04. The topological polar surface area (TPSA) is 12.0 Å². The van der Waals surface area contributed by atoms with Crippen LogP contribution in [0.2, 0.25) is 0 Å². The summed E-state index contributed by atoms with van der Waals surface area (Å²) in [4.78, 5) is 0. The highest BCUT2D eigenvalue weighted by atomic mass is 19.1. The van der Waals surface area contributed by atoms with E-state index in [1.54, 1.807) is 19.1 Å². The van der Waals surface area contributed by atoms with Gasteiger partial charge in [-0.15, -0.1) is 0 Å². The third-order valence-electron chi connectivity index (χ3n) is 4.14. The molecular formula is C24H26FN. The van der Waals surface area contributed by atoms with Gasteiger partial charge in [0.25, 0.3) is 0 Å². The van der Waals surface area contributed by atoms with Crippen molar-refractivity contribution in [3.05, 3.63) is 102 Å². The van der Waals surface area contributed by atoms with Crippen LogP contribution >= 0.6 is 0 Å². The Balaban J connectivity index is 2.06. The van der Waals surface area contributed by atoms with Gasteiger partial charge in [0.05, 0.1) is 0 Å². The van der Waals surface area contributed by atoms with Gasteiger partial charge >= 0.3 is 0 Å². The summed E-state index contributed by atoms with van der Waals surface area (Å²) in [6.07, 6.45) is 5.96. The molecule has 2 aromatic rings. The highest BCUT2D eigenvalue weighted by Crippen LogP contribution is 2.23. The van der Waals surface area contributed by atoms with Crippen LogP contribution in [0.4, 0.5) is 4.39 Å². The predicted octanol–water partition coefficient (Wildman–Crippen LogP) is 6.44. The fourth-order valence-electron chi connectivity index (χ4n) is 2.42. The van der Waals surface area contributed by atoms with Crippen LogP contribution in [0.15, 0.2) is 85.0 Å². The van der Waals surface area contributed by atoms with Gasteiger partial charge in [0.15, 0.2) is 0 Å². The van der Waals surface area contributed by atoms with Gasteiger partial charge in [-0.2, -0.15) is 0 Å². The second kappa shape index (κ2) is 9.00. The molecule has 0 aliphatic rings. The molecule has 26 heavy (non-hydrogen) atoms. The molecule has 0 saturated carbocycles. The minimum Gasteiger partial charge on any atom is -0.381 e. The van der Waals surface area contributed by atoms with Crippen LogP contribution in [0.3, 0.4) is 0 Å². The second-order valence-corrected chi connectivity index (χ2v) is 6.56. The van der Waals surface area contributed by atoms with Crippen LogP contribution < -0.4 is 5.32 Å². The molecule has 0 amide bonds. The van der Waals surface area contributed by atoms with E-state index in [9.17, 15) is 4.39 Å². The number of nitrogens with one attached hydrogen (secondary N) is 1. The standard InChI is InChI=1S/C24H26FN/c1-6-20(9-7-17(2)3)16-26-19(5)21-11-13-22(14-12-21)23-10-8-18(4)24(25)15-23/h6-15,26H,1,5,16H2,2-4H3/b20-9+. The summed E-state index contributed by atoms with van der Waals surface area (Å²) in [6.45, 7) is 14.5. The Kier molecular flexibility index (Phi) is 6.74. The van der Waals surface area contributed by atoms with E-state index < -0.39 is 0 Å². The van der Waals surface area contributed by atoms with E-state index in [0.29, 0.717) is 12.1 Å². The van der Waals surface area contributed by atoms with E-state index in [4.69, 9.17) is 0 Å². The summed E-state index contributed by atoms with van der Waals surface area (Å²) in [5.74, 6) is -0.183. The van der Waals surface area contributed by atoms with Gasteiger partial charge in [0.1, 0.15) is 5.82 Å². The minimum absolute atomic E-state index is 0.183. The summed E-state index contributed by atoms with van der Waals surface area (Å²) < 4.78 is 13.8. The first kappa shape index (κ1) is 19.5. The summed E-state index contributed by atoms with van der Waals surface area (Å²) in [5, 5.41) is 3.33. The molecule has 0 atom stereocenters. The lowest BCUT2D eigenvalue weighted by atomic mass is 10.0. The second-order valence-electron chi connectivity index (χ2n) is 6.56. The Bertz CT molecular complexity index is 850. The third-order valence-corrected chi connectivity index (χ3v) is 4.14. The van der Waals surface area contributed by atoms with Crippen molar-refractivity contribution in [1.29, 1.82) is 0 Å². The van der Waals surface area contributed by atoms with E-state index in [0.717, 1.165) is 28.0 Å². The predicted molar refractivity (Wildman–Crippen MR) is 111 cm³/mol. The van der Waals surface area contributed by atoms with Crippen molar-refractivity contribution in [1.82, 2.24) is 5.32 Å². The molecule has 1 N–H and O–H groups in total. The summed E-state index contributed by atoms with van der Waals surface area (Å²) in [6, 6.07) is 13.3. The Morgan fingerprint density at radius 2 is 1.69 bits per heavy atom. The van der Waals surface area contributed by atoms with Gasteiger partial charge in [-0.25, -0.2) is 4.39 Å². The number of allylic oxidation sites excluding steroid dienone is 3. The molecule has 0 radical (unpaired) electrons. The number of aryl methyl sites for hydroxylation is 1. The van der Waals surface area contributed by atoms with Crippen molar-refractivity contribution in [2.24, 2.45) is 0 Å². The zero-order valence-electron chi connectivity index (χ0n) is 15.8. The average Bonchev–Trinajstić information content (AvgIpc) is 2.64. The van der Waals surface area contributed by atoms with E-state index in [1.807, 2.05) is 36.4 Å². The van der Waals surface area contributed by atoms with Crippen molar-refractivity contribution in [2.45, 2.75) is 20.8 Å². The molecule has 2 rings (SSSR count). The molecule has 0 heterocycles. The molecule has 1 nitrogen and oxygen atoms in total. The quantitative estimate of drug-likeness (QED) is 0.568. The van der Waals surface area contributed by atoms with Gasteiger partial charge in [0, 0.05) is 12.2 Å². The molecule has 0 aliphatic carbocycles. The molecule has 0 bridgehead atoms. The SMILES string of the molecule is C=C/C(=C\C=C(C)C)CNC(=C)c1ccc(-c2ccc(C)c(F)c2)cc1. The Morgan fingerprint density at radius 3 is 2.27 bits per heavy atom. The lowest BCUT2D eigenvalue weighted by Crippen LogP contribution is -2.14. The first-order chi connectivity index (χ1) is 12.4. The van der Waals surface area contributed by atoms with Crippen molar-refractivity contribution in [2.75, 3.05) is 6.54 Å². The molecular weight excluding hydrogens is 321 g/mol. The zero-order chi connectivity index (χ0) is 19.1. The molecule has 0 aromatic heterocycles. The van der Waals surface area contributed by atoms with Crippen LogP contribution in [-0.4, -0.2) is 6.54 Å². The smallest absolute Gasteiger partial charge is 0.126 e. The molecule has 0 spiro atoms. The highest BCUT2D eigenvalue weighted by molar-refractivity contribution is 5.69. The van der Waals surface area contributed by atoms with Crippen LogP contribution in [0.5, 0.6) is 0 Å². The molecule has 134 valence electrons. The normalized spacial score (nSPS) is 11.0. The number of benzene rings is 2. The maximum Gasteiger partial charge on any atom is 0.126 e. The number of hydrogen-bond acceptors (Lipinski definition) is 1. The van der Waals surface area contributed by atoms with Gasteiger partial charge in [-0.3, -0.25) is 0 Å². The van der Waals surface area contributed by atoms with Crippen molar-refractivity contribution >= 4 is 5.70 Å². The van der Waals surface area contributed by atoms with E-state index in [1.165, 1.54) is 5.57 Å². The summed E-state index contributed by atoms with van der Waals surface area (Å²) in [5.41, 5.74) is 6.70. The summed E-state index contributed by atoms with van der Waals surface area (Å²) >= 11 is 0. The molecule has 0 aliphatic heterocycles. The average molecular weight is 347 g/mol.